The molecule has 1 aromatic carbocycles. The molecule has 3 aliphatic carbocycles. The second kappa shape index (κ2) is 3.92. The molecular weight excluding hydrogens is 286 g/mol. The summed E-state index contributed by atoms with van der Waals surface area (Å²) in [5, 5.41) is 8.93. The lowest BCUT2D eigenvalue weighted by Gasteiger charge is -2.28. The minimum atomic E-state index is -0.0830. The highest BCUT2D eigenvalue weighted by Crippen LogP contribution is 2.61. The lowest BCUT2D eigenvalue weighted by molar-refractivity contribution is -0.118. The van der Waals surface area contributed by atoms with Crippen LogP contribution >= 0.6 is 0 Å². The molecular formula is C19H21N3O. The number of aromatic nitrogens is 3. The van der Waals surface area contributed by atoms with Crippen molar-refractivity contribution in [3.63, 3.8) is 0 Å². The Morgan fingerprint density at radius 3 is 2.91 bits per heavy atom. The maximum atomic E-state index is 12.3. The molecule has 1 spiro atoms. The molecule has 5 rings (SSSR count). The number of hydrogen-bond donors (Lipinski definition) is 0. The van der Waals surface area contributed by atoms with Crippen molar-refractivity contribution in [2.75, 3.05) is 0 Å². The van der Waals surface area contributed by atoms with Crippen molar-refractivity contribution in [2.45, 2.75) is 52.0 Å². The number of carbonyl (C=O) groups is 1. The van der Waals surface area contributed by atoms with Crippen molar-refractivity contribution >= 4 is 22.4 Å². The summed E-state index contributed by atoms with van der Waals surface area (Å²) in [5.41, 5.74) is 6.07. The number of ketones is 1. The van der Waals surface area contributed by atoms with Gasteiger partial charge in [0.2, 0.25) is 0 Å². The summed E-state index contributed by atoms with van der Waals surface area (Å²) < 4.78 is 2.01. The normalized spacial score (nSPS) is 28.9. The van der Waals surface area contributed by atoms with E-state index < -0.39 is 0 Å². The van der Waals surface area contributed by atoms with Gasteiger partial charge in [-0.05, 0) is 75.3 Å². The van der Waals surface area contributed by atoms with Crippen LogP contribution in [-0.4, -0.2) is 20.8 Å². The zero-order chi connectivity index (χ0) is 16.0. The molecule has 0 radical (unpaired) electrons. The second-order valence-corrected chi connectivity index (χ2v) is 8.49. The Hall–Kier alpha value is -1.97. The SMILES string of the molecule is CC(C)(C)n1nnc2c3c(ccc21)C1=CC(=O)[C@@H]2CC[C@@]1(C3)C2. The Kier molecular flexibility index (Phi) is 2.29. The Labute approximate surface area is 135 Å². The summed E-state index contributed by atoms with van der Waals surface area (Å²) in [6.45, 7) is 6.45. The van der Waals surface area contributed by atoms with Crippen LogP contribution in [0.4, 0.5) is 0 Å². The number of fused-ring (bicyclic) bond motifs is 5. The number of carbonyl (C=O) groups excluding carboxylic acids is 1. The summed E-state index contributed by atoms with van der Waals surface area (Å²) in [6.07, 6.45) is 6.18. The van der Waals surface area contributed by atoms with Crippen LogP contribution in [0.15, 0.2) is 18.2 Å². The van der Waals surface area contributed by atoms with Crippen molar-refractivity contribution in [2.24, 2.45) is 11.3 Å². The van der Waals surface area contributed by atoms with Crippen molar-refractivity contribution in [1.29, 1.82) is 0 Å². The van der Waals surface area contributed by atoms with Gasteiger partial charge in [0, 0.05) is 11.3 Å². The van der Waals surface area contributed by atoms with Crippen molar-refractivity contribution in [3.05, 3.63) is 29.3 Å². The van der Waals surface area contributed by atoms with Crippen LogP contribution in [0.5, 0.6) is 0 Å². The van der Waals surface area contributed by atoms with Gasteiger partial charge in [-0.1, -0.05) is 11.3 Å². The van der Waals surface area contributed by atoms with E-state index in [4.69, 9.17) is 0 Å². The van der Waals surface area contributed by atoms with E-state index in [9.17, 15) is 4.79 Å². The summed E-state index contributed by atoms with van der Waals surface area (Å²) >= 11 is 0. The Morgan fingerprint density at radius 2 is 2.13 bits per heavy atom. The van der Waals surface area contributed by atoms with Gasteiger partial charge in [0.15, 0.2) is 5.78 Å². The minimum Gasteiger partial charge on any atom is -0.295 e. The van der Waals surface area contributed by atoms with Crippen LogP contribution in [0.25, 0.3) is 16.6 Å². The van der Waals surface area contributed by atoms with Crippen LogP contribution in [0.3, 0.4) is 0 Å². The fraction of sp³-hybridized carbons (Fsp3) is 0.526. The third-order valence-corrected chi connectivity index (χ3v) is 6.03. The van der Waals surface area contributed by atoms with Crippen molar-refractivity contribution < 1.29 is 4.79 Å². The van der Waals surface area contributed by atoms with Crippen molar-refractivity contribution in [1.82, 2.24) is 15.0 Å². The molecule has 2 aromatic rings. The van der Waals surface area contributed by atoms with Gasteiger partial charge in [-0.3, -0.25) is 4.79 Å². The molecule has 4 heteroatoms. The molecule has 0 N–H and O–H groups in total. The van der Waals surface area contributed by atoms with Crippen LogP contribution < -0.4 is 0 Å². The van der Waals surface area contributed by atoms with E-state index in [0.717, 1.165) is 36.7 Å². The van der Waals surface area contributed by atoms with Gasteiger partial charge in [-0.25, -0.2) is 4.68 Å². The number of nitrogens with zero attached hydrogens (tertiary/aromatic N) is 3. The van der Waals surface area contributed by atoms with E-state index in [0.29, 0.717) is 5.78 Å². The summed E-state index contributed by atoms with van der Waals surface area (Å²) in [7, 11) is 0. The molecule has 0 unspecified atom stereocenters. The molecule has 1 saturated carbocycles. The number of allylic oxidation sites excluding steroid dienone is 2. The molecule has 1 fully saturated rings. The van der Waals surface area contributed by atoms with E-state index in [1.165, 1.54) is 16.7 Å². The molecule has 0 saturated heterocycles. The molecule has 23 heavy (non-hydrogen) atoms. The first-order valence-corrected chi connectivity index (χ1v) is 8.53. The molecule has 0 amide bonds. The van der Waals surface area contributed by atoms with E-state index in [2.05, 4.69) is 43.2 Å². The molecule has 2 bridgehead atoms. The van der Waals surface area contributed by atoms with Crippen molar-refractivity contribution in [3.8, 4) is 0 Å². The molecule has 1 aromatic heterocycles. The van der Waals surface area contributed by atoms with Gasteiger partial charge in [-0.15, -0.1) is 5.10 Å². The maximum absolute atomic E-state index is 12.3. The fourth-order valence-corrected chi connectivity index (χ4v) is 4.96. The number of benzene rings is 1. The molecule has 118 valence electrons. The van der Waals surface area contributed by atoms with E-state index >= 15 is 0 Å². The van der Waals surface area contributed by atoms with Crippen LogP contribution in [0.2, 0.25) is 0 Å². The zero-order valence-electron chi connectivity index (χ0n) is 13.9. The largest absolute Gasteiger partial charge is 0.295 e. The second-order valence-electron chi connectivity index (χ2n) is 8.49. The Morgan fingerprint density at radius 1 is 1.30 bits per heavy atom. The topological polar surface area (TPSA) is 47.8 Å². The predicted molar refractivity (Wildman–Crippen MR) is 89.0 cm³/mol. The fourth-order valence-electron chi connectivity index (χ4n) is 4.96. The number of rotatable bonds is 0. The summed E-state index contributed by atoms with van der Waals surface area (Å²) in [6, 6.07) is 4.32. The average molecular weight is 307 g/mol. The first kappa shape index (κ1) is 13.5. The van der Waals surface area contributed by atoms with E-state index in [1.54, 1.807) is 0 Å². The lowest BCUT2D eigenvalue weighted by Crippen LogP contribution is -2.23. The highest BCUT2D eigenvalue weighted by Gasteiger charge is 2.52. The average Bonchev–Trinajstić information content (AvgIpc) is 3.14. The van der Waals surface area contributed by atoms with Gasteiger partial charge in [0.1, 0.15) is 5.52 Å². The van der Waals surface area contributed by atoms with E-state index in [1.807, 2.05) is 10.8 Å². The third kappa shape index (κ3) is 1.59. The smallest absolute Gasteiger partial charge is 0.159 e. The van der Waals surface area contributed by atoms with Crippen LogP contribution in [-0.2, 0) is 16.8 Å². The minimum absolute atomic E-state index is 0.0830. The highest BCUT2D eigenvalue weighted by atomic mass is 16.1. The predicted octanol–water partition coefficient (Wildman–Crippen LogP) is 3.50. The molecule has 4 nitrogen and oxygen atoms in total. The van der Waals surface area contributed by atoms with Gasteiger partial charge >= 0.3 is 0 Å². The first-order valence-electron chi connectivity index (χ1n) is 8.53. The van der Waals surface area contributed by atoms with Gasteiger partial charge < -0.3 is 0 Å². The monoisotopic (exact) mass is 307 g/mol. The zero-order valence-corrected chi connectivity index (χ0v) is 13.9. The lowest BCUT2D eigenvalue weighted by atomic mass is 9.74. The highest BCUT2D eigenvalue weighted by molar-refractivity contribution is 6.05. The summed E-state index contributed by atoms with van der Waals surface area (Å²) in [5.74, 6) is 0.591. The Balaban J connectivity index is 1.76. The standard InChI is InChI=1S/C19H21N3O/c1-18(2,3)22-15-5-4-12-13(17(15)20-21-22)10-19-7-6-11(9-19)16(23)8-14(12)19/h4-5,8,11H,6-7,9-10H2,1-3H3/t11-,19+/m1/s1. The van der Waals surface area contributed by atoms with Gasteiger partial charge in [0.25, 0.3) is 0 Å². The number of hydrogen-bond acceptors (Lipinski definition) is 3. The first-order chi connectivity index (χ1) is 10.9. The summed E-state index contributed by atoms with van der Waals surface area (Å²) in [4.78, 5) is 12.3. The quantitative estimate of drug-likeness (QED) is 0.748. The molecule has 0 aliphatic heterocycles. The third-order valence-electron chi connectivity index (χ3n) is 6.03. The van der Waals surface area contributed by atoms with Crippen LogP contribution in [0.1, 0.15) is 51.2 Å². The van der Waals surface area contributed by atoms with Crippen LogP contribution in [0, 0.1) is 11.3 Å². The van der Waals surface area contributed by atoms with E-state index in [-0.39, 0.29) is 16.9 Å². The Bertz CT molecular complexity index is 899. The molecule has 2 atom stereocenters. The van der Waals surface area contributed by atoms with Gasteiger partial charge in [0.05, 0.1) is 11.1 Å². The molecule has 3 aliphatic rings. The molecule has 1 heterocycles. The van der Waals surface area contributed by atoms with Gasteiger partial charge in [-0.2, -0.15) is 0 Å². The maximum Gasteiger partial charge on any atom is 0.159 e.